The summed E-state index contributed by atoms with van der Waals surface area (Å²) in [5.41, 5.74) is 2.71. The largest absolute Gasteiger partial charge is 0.384 e. The van der Waals surface area contributed by atoms with Crippen LogP contribution in [0.4, 0.5) is 0 Å². The Kier molecular flexibility index (Phi) is 4.07. The summed E-state index contributed by atoms with van der Waals surface area (Å²) in [6, 6.07) is 9.53. The maximum atomic E-state index is 10.1. The lowest BCUT2D eigenvalue weighted by molar-refractivity contribution is -0.0218. The van der Waals surface area contributed by atoms with Crippen LogP contribution in [0.3, 0.4) is 0 Å². The third-order valence-electron chi connectivity index (χ3n) is 2.06. The first-order valence-corrected chi connectivity index (χ1v) is 4.79. The molecule has 2 N–H and O–H groups in total. The Bertz CT molecular complexity index is 259. The fourth-order valence-corrected chi connectivity index (χ4v) is 1.19. The van der Waals surface area contributed by atoms with Gasteiger partial charge in [0, 0.05) is 0 Å². The van der Waals surface area contributed by atoms with E-state index in [2.05, 4.69) is 5.48 Å². The van der Waals surface area contributed by atoms with Gasteiger partial charge in [-0.2, -0.15) is 5.48 Å². The molecule has 0 saturated carbocycles. The highest BCUT2D eigenvalue weighted by atomic mass is 16.6. The van der Waals surface area contributed by atoms with Gasteiger partial charge in [0.1, 0.15) is 5.60 Å². The first-order valence-electron chi connectivity index (χ1n) is 4.79. The lowest BCUT2D eigenvalue weighted by atomic mass is 9.96. The average Bonchev–Trinajstić information content (AvgIpc) is 2.19. The van der Waals surface area contributed by atoms with Gasteiger partial charge in [0.15, 0.2) is 0 Å². The van der Waals surface area contributed by atoms with Crippen LogP contribution in [0, 0.1) is 0 Å². The molecule has 14 heavy (non-hydrogen) atoms. The molecule has 1 aromatic rings. The van der Waals surface area contributed by atoms with Gasteiger partial charge in [-0.05, 0) is 19.4 Å². The zero-order valence-corrected chi connectivity index (χ0v) is 8.66. The van der Waals surface area contributed by atoms with Crippen LogP contribution in [-0.4, -0.2) is 18.3 Å². The maximum absolute atomic E-state index is 10.1. The van der Waals surface area contributed by atoms with Crippen molar-refractivity contribution in [3.63, 3.8) is 0 Å². The van der Waals surface area contributed by atoms with Gasteiger partial charge in [-0.15, -0.1) is 0 Å². The molecule has 3 heteroatoms. The topological polar surface area (TPSA) is 41.5 Å². The van der Waals surface area contributed by atoms with Gasteiger partial charge >= 0.3 is 0 Å². The summed E-state index contributed by atoms with van der Waals surface area (Å²) in [5, 5.41) is 10.1. The van der Waals surface area contributed by atoms with Gasteiger partial charge in [0.2, 0.25) is 0 Å². The highest BCUT2D eigenvalue weighted by Gasteiger charge is 2.22. The molecule has 0 spiro atoms. The number of hydroxylamine groups is 1. The molecule has 0 saturated heterocycles. The molecule has 0 aromatic heterocycles. The summed E-state index contributed by atoms with van der Waals surface area (Å²) in [4.78, 5) is 4.98. The molecule has 1 unspecified atom stereocenters. The van der Waals surface area contributed by atoms with Crippen LogP contribution in [0.25, 0.3) is 0 Å². The fourth-order valence-electron chi connectivity index (χ4n) is 1.19. The van der Waals surface area contributed by atoms with E-state index in [9.17, 15) is 5.11 Å². The molecule has 1 rings (SSSR count). The smallest absolute Gasteiger partial charge is 0.102 e. The molecule has 1 atom stereocenters. The Morgan fingerprint density at radius 1 is 1.36 bits per heavy atom. The van der Waals surface area contributed by atoms with Gasteiger partial charge in [-0.3, -0.25) is 0 Å². The third-order valence-corrected chi connectivity index (χ3v) is 2.06. The first-order chi connectivity index (χ1) is 6.67. The van der Waals surface area contributed by atoms with E-state index in [1.165, 1.54) is 0 Å². The van der Waals surface area contributed by atoms with Gasteiger partial charge < -0.3 is 9.94 Å². The Morgan fingerprint density at radius 3 is 2.57 bits per heavy atom. The molecule has 1 aromatic carbocycles. The molecule has 0 aliphatic heterocycles. The van der Waals surface area contributed by atoms with Crippen LogP contribution >= 0.6 is 0 Å². The van der Waals surface area contributed by atoms with Crippen LogP contribution in [-0.2, 0) is 10.4 Å². The molecule has 0 aliphatic rings. The Balaban J connectivity index is 2.56. The first kappa shape index (κ1) is 11.2. The SMILES string of the molecule is CCONCC(C)(O)c1ccccc1. The van der Waals surface area contributed by atoms with Crippen LogP contribution in [0.5, 0.6) is 0 Å². The van der Waals surface area contributed by atoms with Crippen LogP contribution in [0.1, 0.15) is 19.4 Å². The van der Waals surface area contributed by atoms with Crippen molar-refractivity contribution in [3.05, 3.63) is 35.9 Å². The van der Waals surface area contributed by atoms with Gasteiger partial charge in [-0.25, -0.2) is 0 Å². The van der Waals surface area contributed by atoms with Crippen LogP contribution < -0.4 is 5.48 Å². The minimum Gasteiger partial charge on any atom is -0.384 e. The van der Waals surface area contributed by atoms with E-state index in [0.29, 0.717) is 13.2 Å². The Labute approximate surface area is 84.7 Å². The summed E-state index contributed by atoms with van der Waals surface area (Å²) in [6.45, 7) is 4.62. The van der Waals surface area contributed by atoms with Gasteiger partial charge in [0.05, 0.1) is 13.2 Å². The monoisotopic (exact) mass is 195 g/mol. The molecule has 0 heterocycles. The van der Waals surface area contributed by atoms with Crippen molar-refractivity contribution in [1.29, 1.82) is 0 Å². The van der Waals surface area contributed by atoms with Gasteiger partial charge in [-0.1, -0.05) is 30.3 Å². The zero-order chi connectivity index (χ0) is 10.4. The second-order valence-corrected chi connectivity index (χ2v) is 3.39. The fraction of sp³-hybridized carbons (Fsp3) is 0.455. The van der Waals surface area contributed by atoms with E-state index >= 15 is 0 Å². The normalized spacial score (nSPS) is 15.1. The maximum Gasteiger partial charge on any atom is 0.102 e. The number of benzene rings is 1. The number of hydrogen-bond donors (Lipinski definition) is 2. The number of aliphatic hydroxyl groups is 1. The molecule has 0 fully saturated rings. The minimum atomic E-state index is -0.892. The minimum absolute atomic E-state index is 0.380. The van der Waals surface area contributed by atoms with Crippen molar-refractivity contribution >= 4 is 0 Å². The molecular weight excluding hydrogens is 178 g/mol. The highest BCUT2D eigenvalue weighted by molar-refractivity contribution is 5.21. The second kappa shape index (κ2) is 5.10. The third kappa shape index (κ3) is 3.10. The zero-order valence-electron chi connectivity index (χ0n) is 8.66. The Hall–Kier alpha value is -0.900. The number of nitrogens with one attached hydrogen (secondary N) is 1. The quantitative estimate of drug-likeness (QED) is 0.551. The van der Waals surface area contributed by atoms with Crippen molar-refractivity contribution in [1.82, 2.24) is 5.48 Å². The van der Waals surface area contributed by atoms with Crippen molar-refractivity contribution in [2.24, 2.45) is 0 Å². The van der Waals surface area contributed by atoms with E-state index < -0.39 is 5.60 Å². The standard InChI is InChI=1S/C11H17NO2/c1-3-14-12-9-11(2,13)10-7-5-4-6-8-10/h4-8,12-13H,3,9H2,1-2H3. The van der Waals surface area contributed by atoms with E-state index in [-0.39, 0.29) is 0 Å². The van der Waals surface area contributed by atoms with Crippen molar-refractivity contribution in [2.45, 2.75) is 19.4 Å². The predicted octanol–water partition coefficient (Wildman–Crippen LogP) is 1.44. The summed E-state index contributed by atoms with van der Waals surface area (Å²) in [7, 11) is 0. The lowest BCUT2D eigenvalue weighted by Crippen LogP contribution is -2.35. The molecule has 0 amide bonds. The molecule has 0 aliphatic carbocycles. The molecule has 3 nitrogen and oxygen atoms in total. The average molecular weight is 195 g/mol. The summed E-state index contributed by atoms with van der Waals surface area (Å²) in [6.07, 6.45) is 0. The van der Waals surface area contributed by atoms with E-state index in [4.69, 9.17) is 4.84 Å². The number of rotatable bonds is 5. The van der Waals surface area contributed by atoms with Crippen LogP contribution in [0.15, 0.2) is 30.3 Å². The summed E-state index contributed by atoms with van der Waals surface area (Å²) >= 11 is 0. The van der Waals surface area contributed by atoms with Crippen LogP contribution in [0.2, 0.25) is 0 Å². The molecule has 0 bridgehead atoms. The Morgan fingerprint density at radius 2 is 2.00 bits per heavy atom. The summed E-state index contributed by atoms with van der Waals surface area (Å²) < 4.78 is 0. The molecule has 78 valence electrons. The van der Waals surface area contributed by atoms with Crippen molar-refractivity contribution in [3.8, 4) is 0 Å². The predicted molar refractivity (Wildman–Crippen MR) is 55.6 cm³/mol. The van der Waals surface area contributed by atoms with Gasteiger partial charge in [0.25, 0.3) is 0 Å². The van der Waals surface area contributed by atoms with E-state index in [0.717, 1.165) is 5.56 Å². The molecule has 0 radical (unpaired) electrons. The highest BCUT2D eigenvalue weighted by Crippen LogP contribution is 2.18. The van der Waals surface area contributed by atoms with E-state index in [1.54, 1.807) is 6.92 Å². The summed E-state index contributed by atoms with van der Waals surface area (Å²) in [5.74, 6) is 0. The molecular formula is C11H17NO2. The number of hydrogen-bond acceptors (Lipinski definition) is 3. The van der Waals surface area contributed by atoms with Crippen molar-refractivity contribution < 1.29 is 9.94 Å². The van der Waals surface area contributed by atoms with Crippen molar-refractivity contribution in [2.75, 3.05) is 13.2 Å². The van der Waals surface area contributed by atoms with E-state index in [1.807, 2.05) is 37.3 Å². The lowest BCUT2D eigenvalue weighted by Gasteiger charge is -2.23. The second-order valence-electron chi connectivity index (χ2n) is 3.39.